The molecule has 0 N–H and O–H groups in total. The first-order valence-electron chi connectivity index (χ1n) is 7.39. The predicted molar refractivity (Wildman–Crippen MR) is 88.0 cm³/mol. The molecule has 106 valence electrons. The van der Waals surface area contributed by atoms with Crippen molar-refractivity contribution >= 4 is 34.2 Å². The third-order valence-corrected chi connectivity index (χ3v) is 5.79. The van der Waals surface area contributed by atoms with Gasteiger partial charge in [0.2, 0.25) is 5.95 Å². The molecule has 2 aliphatic rings. The van der Waals surface area contributed by atoms with Crippen LogP contribution in [0, 0.1) is 14.9 Å². The maximum atomic E-state index is 4.65. The van der Waals surface area contributed by atoms with Crippen LogP contribution in [0.1, 0.15) is 32.6 Å². The lowest BCUT2D eigenvalue weighted by atomic mass is 9.58. The molecule has 3 heterocycles. The summed E-state index contributed by atoms with van der Waals surface area (Å²) in [6.45, 7) is 4.65. The molecule has 5 heteroatoms. The molecule has 1 saturated carbocycles. The number of hydrogen-bond donors (Lipinski definition) is 0. The minimum Gasteiger partial charge on any atom is -0.342 e. The van der Waals surface area contributed by atoms with Crippen molar-refractivity contribution in [1.29, 1.82) is 0 Å². The van der Waals surface area contributed by atoms with Crippen molar-refractivity contribution in [1.82, 2.24) is 14.4 Å². The molecule has 20 heavy (non-hydrogen) atoms. The Kier molecular flexibility index (Phi) is 2.94. The van der Waals surface area contributed by atoms with Crippen molar-refractivity contribution in [2.24, 2.45) is 11.3 Å². The first kappa shape index (κ1) is 12.9. The molecule has 2 aromatic rings. The molecule has 1 aliphatic heterocycles. The van der Waals surface area contributed by atoms with Gasteiger partial charge < -0.3 is 4.90 Å². The van der Waals surface area contributed by atoms with Crippen LogP contribution in [0.3, 0.4) is 0 Å². The molecule has 0 aromatic carbocycles. The molecular formula is C15H19IN4. The van der Waals surface area contributed by atoms with Gasteiger partial charge in [-0.2, -0.15) is 0 Å². The number of halogens is 1. The van der Waals surface area contributed by atoms with E-state index in [1.807, 2.05) is 18.6 Å². The van der Waals surface area contributed by atoms with E-state index >= 15 is 0 Å². The largest absolute Gasteiger partial charge is 0.342 e. The van der Waals surface area contributed by atoms with Gasteiger partial charge in [0, 0.05) is 31.7 Å². The van der Waals surface area contributed by atoms with Crippen LogP contribution in [0.2, 0.25) is 0 Å². The topological polar surface area (TPSA) is 33.4 Å². The summed E-state index contributed by atoms with van der Waals surface area (Å²) >= 11 is 2.30. The minimum absolute atomic E-state index is 0.660. The molecule has 4 nitrogen and oxygen atoms in total. The Bertz CT molecular complexity index is 634. The van der Waals surface area contributed by atoms with Gasteiger partial charge in [0.1, 0.15) is 0 Å². The number of piperidine rings is 1. The van der Waals surface area contributed by atoms with Gasteiger partial charge in [0.15, 0.2) is 5.65 Å². The molecule has 0 amide bonds. The van der Waals surface area contributed by atoms with E-state index in [1.54, 1.807) is 0 Å². The second kappa shape index (κ2) is 4.58. The van der Waals surface area contributed by atoms with Crippen LogP contribution in [-0.2, 0) is 0 Å². The summed E-state index contributed by atoms with van der Waals surface area (Å²) in [5, 5.41) is 0. The zero-order chi connectivity index (χ0) is 13.7. The highest BCUT2D eigenvalue weighted by Crippen LogP contribution is 2.52. The van der Waals surface area contributed by atoms with Crippen LogP contribution in [0.4, 0.5) is 5.95 Å². The summed E-state index contributed by atoms with van der Waals surface area (Å²) in [6, 6.07) is 0. The highest BCUT2D eigenvalue weighted by atomic mass is 127. The normalized spacial score (nSPS) is 22.4. The molecular weight excluding hydrogens is 363 g/mol. The summed E-state index contributed by atoms with van der Waals surface area (Å²) < 4.78 is 3.24. The Morgan fingerprint density at radius 1 is 1.25 bits per heavy atom. The Balaban J connectivity index is 1.59. The number of nitrogens with zero attached hydrogens (tertiary/aromatic N) is 4. The minimum atomic E-state index is 0.660. The zero-order valence-electron chi connectivity index (χ0n) is 11.7. The van der Waals surface area contributed by atoms with Crippen LogP contribution < -0.4 is 4.90 Å². The summed E-state index contributed by atoms with van der Waals surface area (Å²) in [7, 11) is 0. The zero-order valence-corrected chi connectivity index (χ0v) is 13.9. The van der Waals surface area contributed by atoms with Gasteiger partial charge in [-0.3, -0.25) is 4.40 Å². The third kappa shape index (κ3) is 1.93. The average Bonchev–Trinajstić information content (AvgIpc) is 2.89. The lowest BCUT2D eigenvalue weighted by molar-refractivity contribution is 0.0378. The summed E-state index contributed by atoms with van der Waals surface area (Å²) in [6.07, 6.45) is 11.3. The van der Waals surface area contributed by atoms with E-state index in [1.165, 1.54) is 25.7 Å². The fourth-order valence-electron chi connectivity index (χ4n) is 4.12. The van der Waals surface area contributed by atoms with E-state index < -0.39 is 0 Å². The van der Waals surface area contributed by atoms with Crippen LogP contribution >= 0.6 is 22.6 Å². The highest BCUT2D eigenvalue weighted by molar-refractivity contribution is 14.1. The van der Waals surface area contributed by atoms with Crippen molar-refractivity contribution in [3.05, 3.63) is 22.2 Å². The van der Waals surface area contributed by atoms with Gasteiger partial charge >= 0.3 is 0 Å². The summed E-state index contributed by atoms with van der Waals surface area (Å²) in [4.78, 5) is 11.5. The fraction of sp³-hybridized carbons (Fsp3) is 0.600. The smallest absolute Gasteiger partial charge is 0.211 e. The number of anilines is 1. The van der Waals surface area contributed by atoms with E-state index in [9.17, 15) is 0 Å². The van der Waals surface area contributed by atoms with Crippen molar-refractivity contribution in [3.8, 4) is 0 Å². The molecule has 0 unspecified atom stereocenters. The molecule has 0 atom stereocenters. The predicted octanol–water partition coefficient (Wildman–Crippen LogP) is 3.35. The van der Waals surface area contributed by atoms with E-state index in [0.29, 0.717) is 5.41 Å². The molecule has 1 aliphatic carbocycles. The standard InChI is InChI=1S/C15H19IN4/c1-11-8-15(9-11)2-5-19(6-3-15)14-18-10-12(16)13-17-4-7-20(13)14/h4,7,10-11H,2-3,5-6,8-9H2,1H3. The Morgan fingerprint density at radius 2 is 2.00 bits per heavy atom. The maximum Gasteiger partial charge on any atom is 0.211 e. The quantitative estimate of drug-likeness (QED) is 0.710. The Labute approximate surface area is 132 Å². The fourth-order valence-corrected chi connectivity index (χ4v) is 4.66. The number of fused-ring (bicyclic) bond motifs is 1. The number of aromatic nitrogens is 3. The maximum absolute atomic E-state index is 4.65. The average molecular weight is 382 g/mol. The van der Waals surface area contributed by atoms with Gasteiger partial charge in [-0.15, -0.1) is 0 Å². The second-order valence-corrected chi connectivity index (χ2v) is 7.69. The van der Waals surface area contributed by atoms with E-state index in [4.69, 9.17) is 0 Å². The summed E-state index contributed by atoms with van der Waals surface area (Å²) in [5.41, 5.74) is 1.68. The van der Waals surface area contributed by atoms with Gasteiger partial charge in [0.05, 0.1) is 3.57 Å². The van der Waals surface area contributed by atoms with Gasteiger partial charge in [0.25, 0.3) is 0 Å². The molecule has 1 spiro atoms. The van der Waals surface area contributed by atoms with E-state index in [-0.39, 0.29) is 0 Å². The third-order valence-electron chi connectivity index (χ3n) is 5.03. The number of hydrogen-bond acceptors (Lipinski definition) is 3. The van der Waals surface area contributed by atoms with Crippen LogP contribution in [-0.4, -0.2) is 27.5 Å². The highest BCUT2D eigenvalue weighted by Gasteiger charge is 2.44. The number of rotatable bonds is 1. The van der Waals surface area contributed by atoms with Crippen molar-refractivity contribution in [3.63, 3.8) is 0 Å². The van der Waals surface area contributed by atoms with E-state index in [0.717, 1.165) is 34.2 Å². The van der Waals surface area contributed by atoms with Gasteiger partial charge in [-0.05, 0) is 59.6 Å². The van der Waals surface area contributed by atoms with Crippen LogP contribution in [0.5, 0.6) is 0 Å². The van der Waals surface area contributed by atoms with E-state index in [2.05, 4.69) is 48.8 Å². The lowest BCUT2D eigenvalue weighted by Crippen LogP contribution is -2.47. The Hall–Kier alpha value is -0.850. The molecule has 0 bridgehead atoms. The van der Waals surface area contributed by atoms with Crippen molar-refractivity contribution < 1.29 is 0 Å². The second-order valence-electron chi connectivity index (χ2n) is 6.53. The molecule has 2 fully saturated rings. The molecule has 0 radical (unpaired) electrons. The number of imidazole rings is 1. The van der Waals surface area contributed by atoms with Crippen molar-refractivity contribution in [2.45, 2.75) is 32.6 Å². The summed E-state index contributed by atoms with van der Waals surface area (Å²) in [5.74, 6) is 2.00. The SMILES string of the molecule is CC1CC2(CCN(c3ncc(I)c4nccn34)CC2)C1. The van der Waals surface area contributed by atoms with Crippen LogP contribution in [0.15, 0.2) is 18.6 Å². The van der Waals surface area contributed by atoms with Crippen LogP contribution in [0.25, 0.3) is 5.65 Å². The van der Waals surface area contributed by atoms with Gasteiger partial charge in [-0.25, -0.2) is 9.97 Å². The molecule has 1 saturated heterocycles. The molecule has 4 rings (SSSR count). The monoisotopic (exact) mass is 382 g/mol. The first-order valence-corrected chi connectivity index (χ1v) is 8.47. The first-order chi connectivity index (χ1) is 9.67. The van der Waals surface area contributed by atoms with Crippen molar-refractivity contribution in [2.75, 3.05) is 18.0 Å². The molecule has 2 aromatic heterocycles. The van der Waals surface area contributed by atoms with Gasteiger partial charge in [-0.1, -0.05) is 6.92 Å². The Morgan fingerprint density at radius 3 is 2.70 bits per heavy atom. The lowest BCUT2D eigenvalue weighted by Gasteiger charge is -2.51.